The third-order valence-electron chi connectivity index (χ3n) is 2.69. The van der Waals surface area contributed by atoms with Gasteiger partial charge in [0.15, 0.2) is 5.82 Å². The first-order chi connectivity index (χ1) is 6.95. The molecule has 0 aliphatic heterocycles. The molecule has 1 N–H and O–H groups in total. The van der Waals surface area contributed by atoms with Crippen molar-refractivity contribution in [1.82, 2.24) is 25.2 Å². The van der Waals surface area contributed by atoms with Gasteiger partial charge in [0, 0.05) is 5.69 Å². The van der Waals surface area contributed by atoms with Gasteiger partial charge in [0.2, 0.25) is 0 Å². The van der Waals surface area contributed by atoms with Gasteiger partial charge in [0.1, 0.15) is 0 Å². The van der Waals surface area contributed by atoms with Gasteiger partial charge in [-0.15, -0.1) is 5.10 Å². The maximum Gasteiger partial charge on any atom is 0.195 e. The van der Waals surface area contributed by atoms with E-state index in [9.17, 15) is 0 Å². The average Bonchev–Trinajstić information content (AvgIpc) is 2.85. The summed E-state index contributed by atoms with van der Waals surface area (Å²) in [4.78, 5) is 0. The lowest BCUT2D eigenvalue weighted by molar-refractivity contribution is 0.648. The summed E-state index contributed by atoms with van der Waals surface area (Å²) < 4.78 is 1.89. The number of rotatable bonds is 1. The van der Waals surface area contributed by atoms with E-state index in [0.717, 1.165) is 18.7 Å². The van der Waals surface area contributed by atoms with Crippen molar-refractivity contribution in [2.24, 2.45) is 0 Å². The predicted molar refractivity (Wildman–Crippen MR) is 50.1 cm³/mol. The Hall–Kier alpha value is -1.65. The molecule has 5 heteroatoms. The Kier molecular flexibility index (Phi) is 1.62. The first-order valence-corrected chi connectivity index (χ1v) is 4.88. The molecular formula is C9H11N5. The normalized spacial score (nSPS) is 15.4. The van der Waals surface area contributed by atoms with Crippen LogP contribution in [0.1, 0.15) is 24.1 Å². The van der Waals surface area contributed by atoms with Crippen LogP contribution in [-0.4, -0.2) is 25.2 Å². The molecule has 0 saturated carbocycles. The molecule has 72 valence electrons. The lowest BCUT2D eigenvalue weighted by Gasteiger charge is -2.11. The highest BCUT2D eigenvalue weighted by molar-refractivity contribution is 5.28. The fourth-order valence-electron chi connectivity index (χ4n) is 1.99. The van der Waals surface area contributed by atoms with E-state index < -0.39 is 0 Å². The molecule has 1 aliphatic rings. The van der Waals surface area contributed by atoms with Crippen molar-refractivity contribution in [2.45, 2.75) is 25.7 Å². The third-order valence-corrected chi connectivity index (χ3v) is 2.69. The first-order valence-electron chi connectivity index (χ1n) is 4.88. The second kappa shape index (κ2) is 2.94. The van der Waals surface area contributed by atoms with Gasteiger partial charge < -0.3 is 0 Å². The zero-order chi connectivity index (χ0) is 9.38. The summed E-state index contributed by atoms with van der Waals surface area (Å²) in [5, 5.41) is 14.7. The molecule has 0 atom stereocenters. The van der Waals surface area contributed by atoms with Crippen molar-refractivity contribution in [2.75, 3.05) is 0 Å². The Bertz CT molecular complexity index is 428. The fourth-order valence-corrected chi connectivity index (χ4v) is 1.99. The van der Waals surface area contributed by atoms with Gasteiger partial charge in [-0.05, 0) is 31.2 Å². The summed E-state index contributed by atoms with van der Waals surface area (Å²) in [5.74, 6) is 0.785. The molecule has 2 heterocycles. The van der Waals surface area contributed by atoms with Crippen LogP contribution in [0.15, 0.2) is 12.4 Å². The van der Waals surface area contributed by atoms with E-state index >= 15 is 0 Å². The van der Waals surface area contributed by atoms with Crippen molar-refractivity contribution in [1.29, 1.82) is 0 Å². The summed E-state index contributed by atoms with van der Waals surface area (Å²) in [5.41, 5.74) is 2.66. The molecule has 2 aromatic heterocycles. The molecule has 0 spiro atoms. The quantitative estimate of drug-likeness (QED) is 0.724. The van der Waals surface area contributed by atoms with E-state index in [1.807, 2.05) is 10.9 Å². The Labute approximate surface area is 81.1 Å². The molecule has 0 radical (unpaired) electrons. The Morgan fingerprint density at radius 3 is 3.07 bits per heavy atom. The van der Waals surface area contributed by atoms with Crippen molar-refractivity contribution in [3.8, 4) is 5.82 Å². The minimum Gasteiger partial charge on any atom is -0.263 e. The van der Waals surface area contributed by atoms with E-state index in [1.165, 1.54) is 24.1 Å². The number of H-pyrrole nitrogens is 1. The van der Waals surface area contributed by atoms with Gasteiger partial charge in [0.25, 0.3) is 0 Å². The summed E-state index contributed by atoms with van der Waals surface area (Å²) in [6.45, 7) is 0. The second-order valence-corrected chi connectivity index (χ2v) is 3.57. The van der Waals surface area contributed by atoms with Crippen LogP contribution in [0, 0.1) is 0 Å². The zero-order valence-corrected chi connectivity index (χ0v) is 7.77. The number of aromatic amines is 1. The largest absolute Gasteiger partial charge is 0.263 e. The number of nitrogens with zero attached hydrogens (tertiary/aromatic N) is 4. The number of aromatic nitrogens is 5. The van der Waals surface area contributed by atoms with E-state index in [0.29, 0.717) is 0 Å². The van der Waals surface area contributed by atoms with Gasteiger partial charge in [-0.25, -0.2) is 4.68 Å². The summed E-state index contributed by atoms with van der Waals surface area (Å²) >= 11 is 0. The maximum atomic E-state index is 4.33. The van der Waals surface area contributed by atoms with Crippen molar-refractivity contribution >= 4 is 0 Å². The fraction of sp³-hybridized carbons (Fsp3) is 0.444. The van der Waals surface area contributed by atoms with Gasteiger partial charge >= 0.3 is 0 Å². The second-order valence-electron chi connectivity index (χ2n) is 3.57. The Morgan fingerprint density at radius 1 is 1.29 bits per heavy atom. The molecule has 0 unspecified atom stereocenters. The summed E-state index contributed by atoms with van der Waals surface area (Å²) in [7, 11) is 0. The lowest BCUT2D eigenvalue weighted by Crippen LogP contribution is -2.07. The molecular weight excluding hydrogens is 178 g/mol. The van der Waals surface area contributed by atoms with Crippen molar-refractivity contribution in [3.63, 3.8) is 0 Å². The molecule has 0 fully saturated rings. The summed E-state index contributed by atoms with van der Waals surface area (Å²) in [6, 6.07) is 0. The molecule has 14 heavy (non-hydrogen) atoms. The zero-order valence-electron chi connectivity index (χ0n) is 7.77. The van der Waals surface area contributed by atoms with Crippen LogP contribution in [0.5, 0.6) is 0 Å². The van der Waals surface area contributed by atoms with Crippen LogP contribution in [0.2, 0.25) is 0 Å². The monoisotopic (exact) mass is 189 g/mol. The number of aryl methyl sites for hydroxylation is 1. The number of nitrogens with one attached hydrogen (secondary N) is 1. The van der Waals surface area contributed by atoms with Crippen LogP contribution >= 0.6 is 0 Å². The highest BCUT2D eigenvalue weighted by Crippen LogP contribution is 2.22. The molecule has 0 bridgehead atoms. The Morgan fingerprint density at radius 2 is 2.21 bits per heavy atom. The molecule has 5 nitrogen and oxygen atoms in total. The van der Waals surface area contributed by atoms with Crippen LogP contribution in [0.3, 0.4) is 0 Å². The smallest absolute Gasteiger partial charge is 0.195 e. The summed E-state index contributed by atoms with van der Waals surface area (Å²) in [6.07, 6.45) is 8.48. The molecule has 1 aliphatic carbocycles. The standard InChI is InChI=1S/C9H11N5/c1-2-4-8-7(3-1)5-11-14(8)9-6-10-13-12-9/h5-6H,1-4H2,(H,10,12,13). The van der Waals surface area contributed by atoms with Crippen LogP contribution in [-0.2, 0) is 12.8 Å². The van der Waals surface area contributed by atoms with E-state index in [-0.39, 0.29) is 0 Å². The van der Waals surface area contributed by atoms with Gasteiger partial charge in [-0.3, -0.25) is 5.10 Å². The minimum atomic E-state index is 0.785. The molecule has 0 saturated heterocycles. The molecule has 3 rings (SSSR count). The average molecular weight is 189 g/mol. The SMILES string of the molecule is c1[nH]nnc1-n1ncc2c1CCCC2. The number of fused-ring (bicyclic) bond motifs is 1. The lowest BCUT2D eigenvalue weighted by atomic mass is 9.98. The molecule has 0 amide bonds. The Balaban J connectivity index is 2.11. The topological polar surface area (TPSA) is 59.4 Å². The van der Waals surface area contributed by atoms with Crippen molar-refractivity contribution < 1.29 is 0 Å². The van der Waals surface area contributed by atoms with Crippen LogP contribution in [0.4, 0.5) is 0 Å². The van der Waals surface area contributed by atoms with E-state index in [2.05, 4.69) is 20.5 Å². The van der Waals surface area contributed by atoms with Crippen molar-refractivity contribution in [3.05, 3.63) is 23.7 Å². The van der Waals surface area contributed by atoms with E-state index in [1.54, 1.807) is 6.20 Å². The van der Waals surface area contributed by atoms with Gasteiger partial charge in [-0.1, -0.05) is 5.21 Å². The minimum absolute atomic E-state index is 0.785. The third kappa shape index (κ3) is 1.05. The predicted octanol–water partition coefficient (Wildman–Crippen LogP) is 0.869. The highest BCUT2D eigenvalue weighted by atomic mass is 15.4. The molecule has 0 aromatic carbocycles. The van der Waals surface area contributed by atoms with Crippen LogP contribution < -0.4 is 0 Å². The highest BCUT2D eigenvalue weighted by Gasteiger charge is 2.16. The number of hydrogen-bond donors (Lipinski definition) is 1. The number of hydrogen-bond acceptors (Lipinski definition) is 3. The first kappa shape index (κ1) is 7.73. The van der Waals surface area contributed by atoms with E-state index in [4.69, 9.17) is 0 Å². The van der Waals surface area contributed by atoms with Gasteiger partial charge in [-0.2, -0.15) is 5.10 Å². The van der Waals surface area contributed by atoms with Crippen LogP contribution in [0.25, 0.3) is 5.82 Å². The maximum absolute atomic E-state index is 4.33. The van der Waals surface area contributed by atoms with Gasteiger partial charge in [0.05, 0.1) is 12.4 Å². The molecule has 2 aromatic rings.